The maximum absolute atomic E-state index is 10.3. The fourth-order valence-corrected chi connectivity index (χ4v) is 1.17. The van der Waals surface area contributed by atoms with Crippen molar-refractivity contribution in [3.63, 3.8) is 0 Å². The van der Waals surface area contributed by atoms with Gasteiger partial charge >= 0.3 is 5.97 Å². The van der Waals surface area contributed by atoms with Gasteiger partial charge in [-0.3, -0.25) is 4.79 Å². The third-order valence-electron chi connectivity index (χ3n) is 1.71. The molecule has 0 atom stereocenters. The fourth-order valence-electron chi connectivity index (χ4n) is 1.17. The van der Waals surface area contributed by atoms with Crippen molar-refractivity contribution in [1.29, 1.82) is 0 Å². The number of carboxylic acid groups (broad SMARTS) is 1. The van der Waals surface area contributed by atoms with Gasteiger partial charge in [-0.1, -0.05) is 23.8 Å². The average Bonchev–Trinajstić information content (AvgIpc) is 2.14. The van der Waals surface area contributed by atoms with E-state index in [-0.39, 0.29) is 6.42 Å². The summed E-state index contributed by atoms with van der Waals surface area (Å²) in [4.78, 5) is 10.3. The van der Waals surface area contributed by atoms with Crippen molar-refractivity contribution in [2.45, 2.75) is 25.7 Å². The number of hydrogen-bond acceptors (Lipinski definition) is 1. The standard InChI is InChI=1S/C9H12O2/c10-9(11)7-8-5-3-1-2-4-6-8/h1,3,5H,2,4,6-7H2,(H,10,11). The molecule has 2 nitrogen and oxygen atoms in total. The van der Waals surface area contributed by atoms with Gasteiger partial charge in [0, 0.05) is 0 Å². The minimum Gasteiger partial charge on any atom is -0.481 e. The van der Waals surface area contributed by atoms with Crippen LogP contribution in [0.1, 0.15) is 25.7 Å². The maximum Gasteiger partial charge on any atom is 0.307 e. The van der Waals surface area contributed by atoms with Crippen molar-refractivity contribution < 1.29 is 9.90 Å². The second kappa shape index (κ2) is 3.96. The molecular formula is C9H12O2. The van der Waals surface area contributed by atoms with Crippen LogP contribution in [0.4, 0.5) is 0 Å². The number of allylic oxidation sites excluding steroid dienone is 3. The van der Waals surface area contributed by atoms with Gasteiger partial charge in [-0.05, 0) is 19.3 Å². The highest BCUT2D eigenvalue weighted by Crippen LogP contribution is 2.15. The second-order valence-electron chi connectivity index (χ2n) is 2.72. The first-order valence-electron chi connectivity index (χ1n) is 3.85. The smallest absolute Gasteiger partial charge is 0.307 e. The molecule has 2 heteroatoms. The summed E-state index contributed by atoms with van der Waals surface area (Å²) in [6, 6.07) is 0. The lowest BCUT2D eigenvalue weighted by Crippen LogP contribution is -1.96. The van der Waals surface area contributed by atoms with Gasteiger partial charge in [0.1, 0.15) is 0 Å². The zero-order valence-electron chi connectivity index (χ0n) is 6.42. The minimum absolute atomic E-state index is 0.199. The Balaban J connectivity index is 2.49. The largest absolute Gasteiger partial charge is 0.481 e. The molecule has 60 valence electrons. The van der Waals surface area contributed by atoms with Crippen LogP contribution in [-0.4, -0.2) is 11.1 Å². The van der Waals surface area contributed by atoms with Gasteiger partial charge in [-0.15, -0.1) is 0 Å². The lowest BCUT2D eigenvalue weighted by molar-refractivity contribution is -0.136. The molecule has 0 saturated carbocycles. The Labute approximate surface area is 66.2 Å². The first kappa shape index (κ1) is 8.05. The van der Waals surface area contributed by atoms with Crippen molar-refractivity contribution in [2.24, 2.45) is 0 Å². The number of carbonyl (C=O) groups is 1. The fraction of sp³-hybridized carbons (Fsp3) is 0.444. The highest BCUT2D eigenvalue weighted by molar-refractivity contribution is 5.70. The van der Waals surface area contributed by atoms with E-state index in [4.69, 9.17) is 5.11 Å². The Kier molecular flexibility index (Phi) is 2.90. The Hall–Kier alpha value is -1.05. The summed E-state index contributed by atoms with van der Waals surface area (Å²) in [7, 11) is 0. The van der Waals surface area contributed by atoms with Gasteiger partial charge in [0.25, 0.3) is 0 Å². The van der Waals surface area contributed by atoms with E-state index in [0.717, 1.165) is 24.8 Å². The minimum atomic E-state index is -0.730. The molecule has 0 aromatic heterocycles. The van der Waals surface area contributed by atoms with Crippen LogP contribution in [0, 0.1) is 0 Å². The topological polar surface area (TPSA) is 37.3 Å². The lowest BCUT2D eigenvalue weighted by atomic mass is 10.1. The third kappa shape index (κ3) is 3.03. The van der Waals surface area contributed by atoms with Crippen LogP contribution in [-0.2, 0) is 4.79 Å². The molecule has 0 heterocycles. The average molecular weight is 152 g/mol. The molecular weight excluding hydrogens is 140 g/mol. The van der Waals surface area contributed by atoms with E-state index in [1.807, 2.05) is 12.2 Å². The van der Waals surface area contributed by atoms with Crippen LogP contribution in [0.5, 0.6) is 0 Å². The number of carboxylic acids is 1. The van der Waals surface area contributed by atoms with E-state index in [9.17, 15) is 4.79 Å². The number of aliphatic carboxylic acids is 1. The highest BCUT2D eigenvalue weighted by Gasteiger charge is 2.03. The first-order chi connectivity index (χ1) is 5.29. The summed E-state index contributed by atoms with van der Waals surface area (Å²) in [5, 5.41) is 8.49. The van der Waals surface area contributed by atoms with Crippen molar-refractivity contribution in [3.8, 4) is 0 Å². The number of rotatable bonds is 2. The van der Waals surface area contributed by atoms with Gasteiger partial charge < -0.3 is 5.11 Å². The Morgan fingerprint density at radius 2 is 2.45 bits per heavy atom. The van der Waals surface area contributed by atoms with Crippen molar-refractivity contribution in [3.05, 3.63) is 23.8 Å². The van der Waals surface area contributed by atoms with Gasteiger partial charge in [0.05, 0.1) is 6.42 Å². The molecule has 0 fully saturated rings. The monoisotopic (exact) mass is 152 g/mol. The zero-order valence-corrected chi connectivity index (χ0v) is 6.42. The van der Waals surface area contributed by atoms with Crippen LogP contribution < -0.4 is 0 Å². The van der Waals surface area contributed by atoms with Crippen LogP contribution in [0.25, 0.3) is 0 Å². The molecule has 0 spiro atoms. The molecule has 1 rings (SSSR count). The predicted molar refractivity (Wildman–Crippen MR) is 43.3 cm³/mol. The molecule has 0 aliphatic heterocycles. The maximum atomic E-state index is 10.3. The molecule has 1 aliphatic carbocycles. The van der Waals surface area contributed by atoms with Crippen molar-refractivity contribution in [1.82, 2.24) is 0 Å². The molecule has 0 saturated heterocycles. The summed E-state index contributed by atoms with van der Waals surface area (Å²) in [6.45, 7) is 0. The van der Waals surface area contributed by atoms with Crippen molar-refractivity contribution >= 4 is 5.97 Å². The Morgan fingerprint density at radius 3 is 3.18 bits per heavy atom. The van der Waals surface area contributed by atoms with Crippen LogP contribution in [0.3, 0.4) is 0 Å². The molecule has 0 aromatic rings. The summed E-state index contributed by atoms with van der Waals surface area (Å²) in [5.41, 5.74) is 1.03. The van der Waals surface area contributed by atoms with Crippen molar-refractivity contribution in [2.75, 3.05) is 0 Å². The van der Waals surface area contributed by atoms with Gasteiger partial charge in [0.15, 0.2) is 0 Å². The Bertz CT molecular complexity index is 202. The molecule has 1 N–H and O–H groups in total. The predicted octanol–water partition coefficient (Wildman–Crippen LogP) is 2.13. The third-order valence-corrected chi connectivity index (χ3v) is 1.71. The van der Waals surface area contributed by atoms with E-state index in [1.165, 1.54) is 0 Å². The summed E-state index contributed by atoms with van der Waals surface area (Å²) < 4.78 is 0. The van der Waals surface area contributed by atoms with Crippen LogP contribution >= 0.6 is 0 Å². The lowest BCUT2D eigenvalue weighted by Gasteiger charge is -1.99. The van der Waals surface area contributed by atoms with Crippen LogP contribution in [0.2, 0.25) is 0 Å². The zero-order chi connectivity index (χ0) is 8.10. The quantitative estimate of drug-likeness (QED) is 0.658. The molecule has 1 aliphatic rings. The summed E-state index contributed by atoms with van der Waals surface area (Å²) >= 11 is 0. The number of hydrogen-bond donors (Lipinski definition) is 1. The molecule has 11 heavy (non-hydrogen) atoms. The molecule has 0 aromatic carbocycles. The molecule has 0 amide bonds. The van der Waals surface area contributed by atoms with E-state index in [2.05, 4.69) is 6.08 Å². The SMILES string of the molecule is O=C(O)CC1=CC=CCCC1. The van der Waals surface area contributed by atoms with Gasteiger partial charge in [-0.2, -0.15) is 0 Å². The second-order valence-corrected chi connectivity index (χ2v) is 2.72. The molecule has 0 unspecified atom stereocenters. The van der Waals surface area contributed by atoms with E-state index < -0.39 is 5.97 Å². The van der Waals surface area contributed by atoms with E-state index in [0.29, 0.717) is 0 Å². The molecule has 0 radical (unpaired) electrons. The van der Waals surface area contributed by atoms with E-state index >= 15 is 0 Å². The highest BCUT2D eigenvalue weighted by atomic mass is 16.4. The van der Waals surface area contributed by atoms with Gasteiger partial charge in [0.2, 0.25) is 0 Å². The summed E-state index contributed by atoms with van der Waals surface area (Å²) in [5.74, 6) is -0.730. The summed E-state index contributed by atoms with van der Waals surface area (Å²) in [6.07, 6.45) is 9.22. The first-order valence-corrected chi connectivity index (χ1v) is 3.85. The van der Waals surface area contributed by atoms with E-state index in [1.54, 1.807) is 0 Å². The Morgan fingerprint density at radius 1 is 1.64 bits per heavy atom. The normalized spacial score (nSPS) is 17.3. The van der Waals surface area contributed by atoms with Gasteiger partial charge in [-0.25, -0.2) is 0 Å². The van der Waals surface area contributed by atoms with Crippen LogP contribution in [0.15, 0.2) is 23.8 Å². The molecule has 0 bridgehead atoms.